The van der Waals surface area contributed by atoms with E-state index in [1.54, 1.807) is 11.3 Å². The summed E-state index contributed by atoms with van der Waals surface area (Å²) in [6.45, 7) is 2.29. The molecule has 4 rings (SSSR count). The molecule has 0 amide bonds. The molecule has 0 bridgehead atoms. The molecule has 2 aromatic heterocycles. The topological polar surface area (TPSA) is 45.8 Å². The maximum absolute atomic E-state index is 12.3. The zero-order valence-corrected chi connectivity index (χ0v) is 11.3. The van der Waals surface area contributed by atoms with Crippen molar-refractivity contribution in [2.45, 2.75) is 44.9 Å². The average Bonchev–Trinajstić information content (AvgIpc) is 3.10. The van der Waals surface area contributed by atoms with Crippen molar-refractivity contribution < 1.29 is 0 Å². The van der Waals surface area contributed by atoms with Gasteiger partial charge in [0.05, 0.1) is 5.39 Å². The number of nitrogens with one attached hydrogen (secondary N) is 1. The van der Waals surface area contributed by atoms with Gasteiger partial charge in [-0.2, -0.15) is 0 Å². The molecule has 2 aliphatic carbocycles. The minimum atomic E-state index is 0.0916. The lowest BCUT2D eigenvalue weighted by Crippen LogP contribution is -2.14. The van der Waals surface area contributed by atoms with Crippen LogP contribution in [-0.4, -0.2) is 9.97 Å². The van der Waals surface area contributed by atoms with Gasteiger partial charge < -0.3 is 4.98 Å². The van der Waals surface area contributed by atoms with E-state index in [2.05, 4.69) is 11.9 Å². The molecule has 0 aliphatic heterocycles. The van der Waals surface area contributed by atoms with Crippen molar-refractivity contribution in [2.75, 3.05) is 0 Å². The van der Waals surface area contributed by atoms with E-state index >= 15 is 0 Å². The fourth-order valence-corrected chi connectivity index (χ4v) is 4.31. The third kappa shape index (κ3) is 1.55. The van der Waals surface area contributed by atoms with E-state index < -0.39 is 0 Å². The quantitative estimate of drug-likeness (QED) is 0.856. The van der Waals surface area contributed by atoms with Gasteiger partial charge in [-0.1, -0.05) is 6.92 Å². The first-order chi connectivity index (χ1) is 8.72. The molecule has 3 nitrogen and oxygen atoms in total. The molecular formula is C14H16N2OS. The summed E-state index contributed by atoms with van der Waals surface area (Å²) in [4.78, 5) is 22.3. The molecule has 0 radical (unpaired) electrons. The number of nitrogens with zero attached hydrogens (tertiary/aromatic N) is 1. The standard InChI is InChI=1S/C14H16N2OS/c1-7-2-5-9-10(6-7)18-14-11(9)13(17)15-12(16-14)8-3-4-8/h7-8H,2-6H2,1H3,(H,15,16,17)/t7-/m1/s1. The van der Waals surface area contributed by atoms with E-state index in [-0.39, 0.29) is 5.56 Å². The molecule has 18 heavy (non-hydrogen) atoms. The Balaban J connectivity index is 1.95. The number of aromatic amines is 1. The SMILES string of the molecule is C[C@@H]1CCc2c(sc3nc(C4CC4)[nH]c(=O)c23)C1. The van der Waals surface area contributed by atoms with Crippen molar-refractivity contribution in [3.05, 3.63) is 26.6 Å². The van der Waals surface area contributed by atoms with Crippen LogP contribution in [0.4, 0.5) is 0 Å². The minimum Gasteiger partial charge on any atom is -0.310 e. The molecule has 1 fully saturated rings. The zero-order chi connectivity index (χ0) is 12.3. The number of rotatable bonds is 1. The number of thiophene rings is 1. The monoisotopic (exact) mass is 260 g/mol. The number of aromatic nitrogens is 2. The van der Waals surface area contributed by atoms with Crippen LogP contribution in [0.15, 0.2) is 4.79 Å². The van der Waals surface area contributed by atoms with E-state index in [0.717, 1.165) is 34.8 Å². The van der Waals surface area contributed by atoms with Crippen molar-refractivity contribution in [3.63, 3.8) is 0 Å². The van der Waals surface area contributed by atoms with Crippen LogP contribution in [0.5, 0.6) is 0 Å². The lowest BCUT2D eigenvalue weighted by atomic mass is 9.89. The molecule has 2 aliphatic rings. The third-order valence-corrected chi connectivity index (χ3v) is 5.30. The molecule has 0 spiro atoms. The lowest BCUT2D eigenvalue weighted by Gasteiger charge is -2.17. The Kier molecular flexibility index (Phi) is 2.19. The Morgan fingerprint density at radius 3 is 2.94 bits per heavy atom. The van der Waals surface area contributed by atoms with Crippen molar-refractivity contribution in [3.8, 4) is 0 Å². The van der Waals surface area contributed by atoms with Gasteiger partial charge in [0.15, 0.2) is 0 Å². The second-order valence-electron chi connectivity index (χ2n) is 5.76. The number of hydrogen-bond acceptors (Lipinski definition) is 3. The highest BCUT2D eigenvalue weighted by Gasteiger charge is 2.28. The molecular weight excluding hydrogens is 244 g/mol. The van der Waals surface area contributed by atoms with Crippen LogP contribution >= 0.6 is 11.3 Å². The highest BCUT2D eigenvalue weighted by Crippen LogP contribution is 2.40. The van der Waals surface area contributed by atoms with E-state index in [1.165, 1.54) is 29.7 Å². The van der Waals surface area contributed by atoms with E-state index in [4.69, 9.17) is 4.98 Å². The lowest BCUT2D eigenvalue weighted by molar-refractivity contribution is 0.509. The number of H-pyrrole nitrogens is 1. The highest BCUT2D eigenvalue weighted by atomic mass is 32.1. The van der Waals surface area contributed by atoms with Gasteiger partial charge in [0.25, 0.3) is 5.56 Å². The summed E-state index contributed by atoms with van der Waals surface area (Å²) in [6.07, 6.45) is 5.72. The molecule has 2 aromatic rings. The number of hydrogen-bond donors (Lipinski definition) is 1. The van der Waals surface area contributed by atoms with Gasteiger partial charge in [-0.05, 0) is 43.6 Å². The summed E-state index contributed by atoms with van der Waals surface area (Å²) in [7, 11) is 0. The molecule has 0 aromatic carbocycles. The maximum Gasteiger partial charge on any atom is 0.259 e. The van der Waals surface area contributed by atoms with Crippen LogP contribution in [0.1, 0.15) is 48.4 Å². The summed E-state index contributed by atoms with van der Waals surface area (Å²) in [5.74, 6) is 2.17. The van der Waals surface area contributed by atoms with E-state index in [0.29, 0.717) is 5.92 Å². The van der Waals surface area contributed by atoms with Crippen LogP contribution in [-0.2, 0) is 12.8 Å². The predicted molar refractivity (Wildman–Crippen MR) is 73.4 cm³/mol. The van der Waals surface area contributed by atoms with Gasteiger partial charge in [0, 0.05) is 10.8 Å². The molecule has 94 valence electrons. The molecule has 1 atom stereocenters. The van der Waals surface area contributed by atoms with Crippen molar-refractivity contribution in [2.24, 2.45) is 5.92 Å². The van der Waals surface area contributed by atoms with Crippen LogP contribution in [0.2, 0.25) is 0 Å². The Morgan fingerprint density at radius 2 is 2.17 bits per heavy atom. The van der Waals surface area contributed by atoms with Gasteiger partial charge in [0.1, 0.15) is 10.7 Å². The van der Waals surface area contributed by atoms with Crippen molar-refractivity contribution in [1.29, 1.82) is 0 Å². The minimum absolute atomic E-state index is 0.0916. The summed E-state index contributed by atoms with van der Waals surface area (Å²) in [5.41, 5.74) is 1.37. The highest BCUT2D eigenvalue weighted by molar-refractivity contribution is 7.18. The molecule has 0 unspecified atom stereocenters. The smallest absolute Gasteiger partial charge is 0.259 e. The van der Waals surface area contributed by atoms with E-state index in [9.17, 15) is 4.79 Å². The molecule has 0 saturated heterocycles. The first-order valence-corrected chi connectivity index (χ1v) is 7.58. The van der Waals surface area contributed by atoms with Crippen LogP contribution < -0.4 is 5.56 Å². The zero-order valence-electron chi connectivity index (χ0n) is 10.5. The Bertz CT molecular complexity index is 681. The molecule has 2 heterocycles. The first-order valence-electron chi connectivity index (χ1n) is 6.77. The maximum atomic E-state index is 12.3. The van der Waals surface area contributed by atoms with Crippen LogP contribution in [0.3, 0.4) is 0 Å². The van der Waals surface area contributed by atoms with E-state index in [1.807, 2.05) is 0 Å². The Hall–Kier alpha value is -1.16. The Labute approximate surface area is 109 Å². The van der Waals surface area contributed by atoms with Crippen molar-refractivity contribution in [1.82, 2.24) is 9.97 Å². The third-order valence-electron chi connectivity index (χ3n) is 4.15. The molecule has 1 saturated carbocycles. The Morgan fingerprint density at radius 1 is 1.33 bits per heavy atom. The summed E-state index contributed by atoms with van der Waals surface area (Å²) in [5, 5.41) is 0.881. The second kappa shape index (κ2) is 3.67. The van der Waals surface area contributed by atoms with Gasteiger partial charge in [-0.25, -0.2) is 4.98 Å². The van der Waals surface area contributed by atoms with Crippen molar-refractivity contribution >= 4 is 21.6 Å². The van der Waals surface area contributed by atoms with Gasteiger partial charge in [0.2, 0.25) is 0 Å². The fourth-order valence-electron chi connectivity index (χ4n) is 2.92. The molecule has 4 heteroatoms. The number of fused-ring (bicyclic) bond motifs is 3. The van der Waals surface area contributed by atoms with Gasteiger partial charge >= 0.3 is 0 Å². The average molecular weight is 260 g/mol. The van der Waals surface area contributed by atoms with Crippen LogP contribution in [0.25, 0.3) is 10.2 Å². The van der Waals surface area contributed by atoms with Gasteiger partial charge in [-0.15, -0.1) is 11.3 Å². The first kappa shape index (κ1) is 10.7. The molecule has 1 N–H and O–H groups in total. The fraction of sp³-hybridized carbons (Fsp3) is 0.571. The number of aryl methyl sites for hydroxylation is 1. The summed E-state index contributed by atoms with van der Waals surface area (Å²) < 4.78 is 0. The second-order valence-corrected chi connectivity index (χ2v) is 6.84. The summed E-state index contributed by atoms with van der Waals surface area (Å²) in [6, 6.07) is 0. The van der Waals surface area contributed by atoms with Gasteiger partial charge in [-0.3, -0.25) is 4.79 Å². The predicted octanol–water partition coefficient (Wildman–Crippen LogP) is 2.99. The largest absolute Gasteiger partial charge is 0.310 e. The normalized spacial score (nSPS) is 23.3. The summed E-state index contributed by atoms with van der Waals surface area (Å²) >= 11 is 1.75. The van der Waals surface area contributed by atoms with Crippen LogP contribution in [0, 0.1) is 5.92 Å².